The molecule has 0 amide bonds. The molecule has 0 N–H and O–H groups in total. The van der Waals surface area contributed by atoms with Crippen molar-refractivity contribution in [1.82, 2.24) is 4.31 Å². The highest BCUT2D eigenvalue weighted by Crippen LogP contribution is 2.20. The van der Waals surface area contributed by atoms with Gasteiger partial charge in [-0.3, -0.25) is 4.79 Å². The summed E-state index contributed by atoms with van der Waals surface area (Å²) in [7, 11) is -3.45. The molecule has 2 rings (SSSR count). The number of halogens is 1. The number of benzene rings is 1. The molecule has 1 fully saturated rings. The summed E-state index contributed by atoms with van der Waals surface area (Å²) in [5.74, 6) is 0. The molecule has 0 aromatic heterocycles. The van der Waals surface area contributed by atoms with Crippen LogP contribution in [0.2, 0.25) is 0 Å². The second-order valence-electron chi connectivity index (χ2n) is 4.62. The van der Waals surface area contributed by atoms with E-state index in [2.05, 4.69) is 0 Å². The van der Waals surface area contributed by atoms with E-state index in [-0.39, 0.29) is 4.90 Å². The van der Waals surface area contributed by atoms with E-state index < -0.39 is 15.3 Å². The van der Waals surface area contributed by atoms with Crippen molar-refractivity contribution in [3.63, 3.8) is 0 Å². The molecule has 0 unspecified atom stereocenters. The molecule has 0 bridgehead atoms. The fourth-order valence-corrected chi connectivity index (χ4v) is 3.83. The van der Waals surface area contributed by atoms with E-state index in [4.69, 9.17) is 11.6 Å². The highest BCUT2D eigenvalue weighted by Gasteiger charge is 2.25. The van der Waals surface area contributed by atoms with E-state index in [1.807, 2.05) is 0 Å². The molecule has 1 heterocycles. The van der Waals surface area contributed by atoms with Crippen LogP contribution in [0.3, 0.4) is 0 Å². The smallest absolute Gasteiger partial charge is 0.252 e. The Labute approximate surface area is 118 Å². The molecule has 104 valence electrons. The molecular formula is C13H16ClNO3S. The van der Waals surface area contributed by atoms with E-state index in [0.717, 1.165) is 25.7 Å². The van der Waals surface area contributed by atoms with Crippen LogP contribution < -0.4 is 0 Å². The van der Waals surface area contributed by atoms with Crippen LogP contribution in [-0.2, 0) is 10.0 Å². The van der Waals surface area contributed by atoms with Crippen LogP contribution in [0, 0.1) is 0 Å². The Hall–Kier alpha value is -0.910. The van der Waals surface area contributed by atoms with Gasteiger partial charge in [0.25, 0.3) is 5.24 Å². The van der Waals surface area contributed by atoms with Gasteiger partial charge in [0.15, 0.2) is 0 Å². The van der Waals surface area contributed by atoms with Crippen molar-refractivity contribution in [2.45, 2.75) is 30.6 Å². The van der Waals surface area contributed by atoms with Gasteiger partial charge in [-0.15, -0.1) is 0 Å². The number of rotatable bonds is 3. The Morgan fingerprint density at radius 2 is 1.53 bits per heavy atom. The van der Waals surface area contributed by atoms with Crippen LogP contribution in [0.25, 0.3) is 0 Å². The fourth-order valence-electron chi connectivity index (χ4n) is 2.19. The van der Waals surface area contributed by atoms with E-state index >= 15 is 0 Å². The van der Waals surface area contributed by atoms with Gasteiger partial charge >= 0.3 is 0 Å². The Kier molecular flexibility index (Phi) is 4.60. The maximum Gasteiger partial charge on any atom is 0.252 e. The van der Waals surface area contributed by atoms with Gasteiger partial charge in [0.05, 0.1) is 4.90 Å². The summed E-state index contributed by atoms with van der Waals surface area (Å²) in [5, 5.41) is -0.585. The van der Waals surface area contributed by atoms with Crippen LogP contribution in [-0.4, -0.2) is 31.1 Å². The highest BCUT2D eigenvalue weighted by atomic mass is 35.5. The minimum Gasteiger partial charge on any atom is -0.276 e. The standard InChI is InChI=1S/C13H16ClNO3S/c14-13(16)11-5-7-12(8-6-11)19(17,18)15-9-3-1-2-4-10-15/h5-8H,1-4,9-10H2. The molecule has 1 aromatic carbocycles. The van der Waals surface area contributed by atoms with Gasteiger partial charge < -0.3 is 0 Å². The lowest BCUT2D eigenvalue weighted by molar-refractivity contribution is 0.108. The summed E-state index contributed by atoms with van der Waals surface area (Å²) in [5.41, 5.74) is 0.302. The highest BCUT2D eigenvalue weighted by molar-refractivity contribution is 7.89. The van der Waals surface area contributed by atoms with Gasteiger partial charge in [-0.05, 0) is 48.7 Å². The molecule has 0 spiro atoms. The van der Waals surface area contributed by atoms with Gasteiger partial charge in [-0.2, -0.15) is 4.31 Å². The average molecular weight is 302 g/mol. The zero-order chi connectivity index (χ0) is 13.9. The normalized spacial score (nSPS) is 17.9. The molecule has 1 aliphatic heterocycles. The minimum absolute atomic E-state index is 0.219. The number of carbonyl (C=O) groups excluding carboxylic acids is 1. The summed E-state index contributed by atoms with van der Waals surface area (Å²) in [6, 6.07) is 5.77. The van der Waals surface area contributed by atoms with Gasteiger partial charge in [0, 0.05) is 18.7 Å². The Balaban J connectivity index is 2.25. The van der Waals surface area contributed by atoms with Gasteiger partial charge in [-0.1, -0.05) is 12.8 Å². The van der Waals surface area contributed by atoms with Crippen molar-refractivity contribution in [2.24, 2.45) is 0 Å². The van der Waals surface area contributed by atoms with Crippen molar-refractivity contribution in [3.05, 3.63) is 29.8 Å². The first-order valence-electron chi connectivity index (χ1n) is 6.32. The number of hydrogen-bond acceptors (Lipinski definition) is 3. The molecule has 19 heavy (non-hydrogen) atoms. The van der Waals surface area contributed by atoms with Crippen molar-refractivity contribution < 1.29 is 13.2 Å². The molecule has 0 radical (unpaired) electrons. The summed E-state index contributed by atoms with van der Waals surface area (Å²) in [6.45, 7) is 1.14. The monoisotopic (exact) mass is 301 g/mol. The van der Waals surface area contributed by atoms with Gasteiger partial charge in [-0.25, -0.2) is 8.42 Å². The topological polar surface area (TPSA) is 54.5 Å². The first-order chi connectivity index (χ1) is 9.01. The molecule has 1 aromatic rings. The number of hydrogen-bond donors (Lipinski definition) is 0. The molecule has 1 aliphatic rings. The fraction of sp³-hybridized carbons (Fsp3) is 0.462. The van der Waals surface area contributed by atoms with Crippen molar-refractivity contribution in [1.29, 1.82) is 0 Å². The zero-order valence-corrected chi connectivity index (χ0v) is 12.1. The molecule has 0 aliphatic carbocycles. The Morgan fingerprint density at radius 1 is 1.00 bits per heavy atom. The Morgan fingerprint density at radius 3 is 2.00 bits per heavy atom. The first kappa shape index (κ1) is 14.5. The summed E-state index contributed by atoms with van der Waals surface area (Å²) in [4.78, 5) is 11.2. The van der Waals surface area contributed by atoms with E-state index in [1.165, 1.54) is 28.6 Å². The van der Waals surface area contributed by atoms with Gasteiger partial charge in [0.1, 0.15) is 0 Å². The minimum atomic E-state index is -3.45. The van der Waals surface area contributed by atoms with Crippen LogP contribution in [0.5, 0.6) is 0 Å². The van der Waals surface area contributed by atoms with E-state index in [0.29, 0.717) is 18.7 Å². The number of nitrogens with zero attached hydrogens (tertiary/aromatic N) is 1. The molecular weight excluding hydrogens is 286 g/mol. The SMILES string of the molecule is O=C(Cl)c1ccc(S(=O)(=O)N2CCCCCC2)cc1. The van der Waals surface area contributed by atoms with E-state index in [9.17, 15) is 13.2 Å². The molecule has 1 saturated heterocycles. The lowest BCUT2D eigenvalue weighted by atomic mass is 10.2. The second kappa shape index (κ2) is 6.03. The Bertz CT molecular complexity index is 546. The quantitative estimate of drug-likeness (QED) is 0.807. The molecule has 0 saturated carbocycles. The zero-order valence-electron chi connectivity index (χ0n) is 10.5. The molecule has 0 atom stereocenters. The van der Waals surface area contributed by atoms with Crippen LogP contribution in [0.4, 0.5) is 0 Å². The largest absolute Gasteiger partial charge is 0.276 e. The summed E-state index contributed by atoms with van der Waals surface area (Å²) < 4.78 is 26.4. The lowest BCUT2D eigenvalue weighted by Crippen LogP contribution is -2.31. The maximum atomic E-state index is 12.4. The second-order valence-corrected chi connectivity index (χ2v) is 6.90. The average Bonchev–Trinajstić information content (AvgIpc) is 2.68. The van der Waals surface area contributed by atoms with Gasteiger partial charge in [0.2, 0.25) is 10.0 Å². The third-order valence-electron chi connectivity index (χ3n) is 3.28. The number of sulfonamides is 1. The first-order valence-corrected chi connectivity index (χ1v) is 8.13. The van der Waals surface area contributed by atoms with Crippen molar-refractivity contribution in [3.8, 4) is 0 Å². The molecule has 4 nitrogen and oxygen atoms in total. The van der Waals surface area contributed by atoms with Crippen LogP contribution >= 0.6 is 11.6 Å². The molecule has 6 heteroatoms. The third kappa shape index (κ3) is 3.35. The van der Waals surface area contributed by atoms with E-state index in [1.54, 1.807) is 0 Å². The summed E-state index contributed by atoms with van der Waals surface area (Å²) in [6.07, 6.45) is 3.95. The predicted molar refractivity (Wildman–Crippen MR) is 73.9 cm³/mol. The van der Waals surface area contributed by atoms with Crippen LogP contribution in [0.1, 0.15) is 36.0 Å². The lowest BCUT2D eigenvalue weighted by Gasteiger charge is -2.19. The van der Waals surface area contributed by atoms with Crippen LogP contribution in [0.15, 0.2) is 29.2 Å². The van der Waals surface area contributed by atoms with Crippen molar-refractivity contribution >= 4 is 26.9 Å². The van der Waals surface area contributed by atoms with Crippen molar-refractivity contribution in [2.75, 3.05) is 13.1 Å². The maximum absolute atomic E-state index is 12.4. The predicted octanol–water partition coefficient (Wildman–Crippen LogP) is 2.63. The summed E-state index contributed by atoms with van der Waals surface area (Å²) >= 11 is 5.34. The number of carbonyl (C=O) groups is 1. The third-order valence-corrected chi connectivity index (χ3v) is 5.42.